The smallest absolute Gasteiger partial charge is 0.238 e. The fourth-order valence-corrected chi connectivity index (χ4v) is 5.82. The van der Waals surface area contributed by atoms with Gasteiger partial charge in [0.25, 0.3) is 0 Å². The lowest BCUT2D eigenvalue weighted by atomic mass is 9.72. The number of benzene rings is 1. The van der Waals surface area contributed by atoms with E-state index in [4.69, 9.17) is 8.83 Å². The summed E-state index contributed by atoms with van der Waals surface area (Å²) in [6, 6.07) is 5.97. The Balaban J connectivity index is 1.57. The number of fused-ring (bicyclic) bond motifs is 1. The summed E-state index contributed by atoms with van der Waals surface area (Å²) in [7, 11) is 0. The van der Waals surface area contributed by atoms with Crippen LogP contribution in [0.2, 0.25) is 0 Å². The Morgan fingerprint density at radius 3 is 2.66 bits per heavy atom. The van der Waals surface area contributed by atoms with Gasteiger partial charge in [-0.25, -0.2) is 9.97 Å². The molecule has 2 fully saturated rings. The minimum atomic E-state index is -0.348. The number of rotatable bonds is 7. The molecule has 5 rings (SSSR count). The molecule has 7 heteroatoms. The number of hydrogen-bond donors (Lipinski definition) is 0. The molecule has 2 unspecified atom stereocenters. The van der Waals surface area contributed by atoms with Crippen molar-refractivity contribution < 1.29 is 13.6 Å². The molecule has 1 amide bonds. The summed E-state index contributed by atoms with van der Waals surface area (Å²) in [4.78, 5) is 27.4. The lowest BCUT2D eigenvalue weighted by molar-refractivity contribution is -0.140. The Morgan fingerprint density at radius 2 is 2.03 bits per heavy atom. The van der Waals surface area contributed by atoms with Gasteiger partial charge >= 0.3 is 0 Å². The number of carbonyl (C=O) groups is 1. The van der Waals surface area contributed by atoms with Crippen molar-refractivity contribution in [2.75, 3.05) is 6.54 Å². The van der Waals surface area contributed by atoms with Gasteiger partial charge in [0.1, 0.15) is 17.4 Å². The van der Waals surface area contributed by atoms with E-state index >= 15 is 0 Å². The zero-order valence-electron chi connectivity index (χ0n) is 19.4. The fraction of sp³-hybridized carbons (Fsp3) is 0.560. The molecule has 1 saturated carbocycles. The highest BCUT2D eigenvalue weighted by Crippen LogP contribution is 2.51. The Labute approximate surface area is 188 Å². The predicted octanol–water partition coefficient (Wildman–Crippen LogP) is 5.13. The second kappa shape index (κ2) is 8.03. The van der Waals surface area contributed by atoms with Gasteiger partial charge in [-0.05, 0) is 44.6 Å². The first-order valence-electron chi connectivity index (χ1n) is 11.8. The summed E-state index contributed by atoms with van der Waals surface area (Å²) in [5.41, 5.74) is 3.19. The molecule has 2 atom stereocenters. The highest BCUT2D eigenvalue weighted by atomic mass is 16.3. The van der Waals surface area contributed by atoms with Crippen LogP contribution < -0.4 is 0 Å². The number of para-hydroxylation sites is 1. The molecule has 0 N–H and O–H groups in total. The van der Waals surface area contributed by atoms with Crippen molar-refractivity contribution in [2.24, 2.45) is 5.92 Å². The molecule has 0 spiro atoms. The molecule has 1 aromatic carbocycles. The van der Waals surface area contributed by atoms with E-state index in [9.17, 15) is 4.79 Å². The monoisotopic (exact) mass is 436 g/mol. The summed E-state index contributed by atoms with van der Waals surface area (Å²) >= 11 is 0. The largest absolute Gasteiger partial charge is 0.447 e. The number of amides is 1. The molecule has 3 aromatic rings. The van der Waals surface area contributed by atoms with Gasteiger partial charge in [0.2, 0.25) is 11.8 Å². The first kappa shape index (κ1) is 21.2. The first-order chi connectivity index (χ1) is 15.5. The second-order valence-electron chi connectivity index (χ2n) is 9.22. The maximum absolute atomic E-state index is 13.6. The molecule has 7 nitrogen and oxygen atoms in total. The van der Waals surface area contributed by atoms with Crippen LogP contribution in [0.5, 0.6) is 0 Å². The average Bonchev–Trinajstić information content (AvgIpc) is 3.40. The van der Waals surface area contributed by atoms with Crippen molar-refractivity contribution in [1.82, 2.24) is 19.8 Å². The number of hydrogen-bond acceptors (Lipinski definition) is 6. The van der Waals surface area contributed by atoms with Crippen molar-refractivity contribution in [3.63, 3.8) is 0 Å². The average molecular weight is 437 g/mol. The summed E-state index contributed by atoms with van der Waals surface area (Å²) in [5.74, 6) is 1.97. The fourth-order valence-electron chi connectivity index (χ4n) is 5.82. The van der Waals surface area contributed by atoms with E-state index in [1.165, 1.54) is 6.42 Å². The minimum absolute atomic E-state index is 0.0247. The molecule has 0 bridgehead atoms. The number of aromatic nitrogens is 2. The van der Waals surface area contributed by atoms with Crippen LogP contribution in [0, 0.1) is 19.8 Å². The van der Waals surface area contributed by atoms with Gasteiger partial charge in [-0.3, -0.25) is 9.69 Å². The Kier molecular flexibility index (Phi) is 5.32. The maximum atomic E-state index is 13.6. The first-order valence-corrected chi connectivity index (χ1v) is 11.8. The van der Waals surface area contributed by atoms with Crippen molar-refractivity contribution >= 4 is 17.0 Å². The zero-order chi connectivity index (χ0) is 22.5. The van der Waals surface area contributed by atoms with Crippen molar-refractivity contribution in [3.05, 3.63) is 47.5 Å². The Bertz CT molecular complexity index is 1130. The van der Waals surface area contributed by atoms with Crippen LogP contribution >= 0.6 is 0 Å². The van der Waals surface area contributed by atoms with Crippen molar-refractivity contribution in [2.45, 2.75) is 78.0 Å². The summed E-state index contributed by atoms with van der Waals surface area (Å²) < 4.78 is 11.6. The topological polar surface area (TPSA) is 75.6 Å². The van der Waals surface area contributed by atoms with Crippen LogP contribution in [-0.2, 0) is 11.3 Å². The quantitative estimate of drug-likeness (QED) is 0.511. The van der Waals surface area contributed by atoms with Crippen LogP contribution in [-0.4, -0.2) is 37.9 Å². The van der Waals surface area contributed by atoms with Gasteiger partial charge < -0.3 is 13.7 Å². The van der Waals surface area contributed by atoms with Crippen LogP contribution in [0.4, 0.5) is 0 Å². The number of carbonyl (C=O) groups excluding carboxylic acids is 1. The molecule has 1 aliphatic carbocycles. The molecule has 170 valence electrons. The third kappa shape index (κ3) is 3.17. The van der Waals surface area contributed by atoms with E-state index in [1.54, 1.807) is 6.26 Å². The Morgan fingerprint density at radius 1 is 1.22 bits per heavy atom. The van der Waals surface area contributed by atoms with Crippen LogP contribution in [0.25, 0.3) is 11.1 Å². The summed E-state index contributed by atoms with van der Waals surface area (Å²) in [6.07, 6.45) is 6.92. The number of aryl methyl sites for hydroxylation is 2. The molecule has 1 aliphatic heterocycles. The Hall–Kier alpha value is -2.67. The zero-order valence-corrected chi connectivity index (χ0v) is 19.4. The van der Waals surface area contributed by atoms with Crippen LogP contribution in [0.15, 0.2) is 33.3 Å². The minimum Gasteiger partial charge on any atom is -0.447 e. The standard InChI is InChI=1S/C25H32N4O3/c1-5-20(24-26-16(3)15-31-24)28-14-22(30)29(25(28,6-2)19-10-8-11-19)13-18-9-7-12-21-23(18)27-17(4)32-21/h7,9,12,15,19-20H,5-6,8,10-11,13-14H2,1-4H3. The van der Waals surface area contributed by atoms with Gasteiger partial charge in [-0.1, -0.05) is 32.4 Å². The lowest BCUT2D eigenvalue weighted by Gasteiger charge is -2.53. The predicted molar refractivity (Wildman–Crippen MR) is 121 cm³/mol. The third-order valence-electron chi connectivity index (χ3n) is 7.47. The summed E-state index contributed by atoms with van der Waals surface area (Å²) in [6.45, 7) is 9.09. The van der Waals surface area contributed by atoms with E-state index < -0.39 is 0 Å². The van der Waals surface area contributed by atoms with E-state index in [0.717, 1.165) is 48.0 Å². The van der Waals surface area contributed by atoms with E-state index in [0.29, 0.717) is 30.8 Å². The van der Waals surface area contributed by atoms with E-state index in [1.807, 2.05) is 26.0 Å². The van der Waals surface area contributed by atoms with E-state index in [-0.39, 0.29) is 17.6 Å². The number of oxazole rings is 2. The molecular formula is C25H32N4O3. The molecule has 0 radical (unpaired) electrons. The maximum Gasteiger partial charge on any atom is 0.238 e. The van der Waals surface area contributed by atoms with Gasteiger partial charge in [-0.15, -0.1) is 0 Å². The van der Waals surface area contributed by atoms with Gasteiger partial charge in [0, 0.05) is 19.0 Å². The normalized spacial score (nSPS) is 23.2. The third-order valence-corrected chi connectivity index (χ3v) is 7.47. The summed E-state index contributed by atoms with van der Waals surface area (Å²) in [5, 5.41) is 0. The van der Waals surface area contributed by atoms with Crippen molar-refractivity contribution in [3.8, 4) is 0 Å². The van der Waals surface area contributed by atoms with Gasteiger partial charge in [0.05, 0.1) is 18.3 Å². The second-order valence-corrected chi connectivity index (χ2v) is 9.22. The lowest BCUT2D eigenvalue weighted by Crippen LogP contribution is -2.60. The number of nitrogens with zero attached hydrogens (tertiary/aromatic N) is 4. The van der Waals surface area contributed by atoms with Gasteiger partial charge in [-0.2, -0.15) is 0 Å². The molecular weight excluding hydrogens is 404 g/mol. The van der Waals surface area contributed by atoms with Crippen molar-refractivity contribution in [1.29, 1.82) is 0 Å². The molecule has 3 heterocycles. The SMILES string of the molecule is CCC(c1nc(C)co1)N1CC(=O)N(Cc2cccc3oc(C)nc23)C1(CC)C1CCC1. The van der Waals surface area contributed by atoms with Gasteiger partial charge in [0.15, 0.2) is 11.5 Å². The molecule has 32 heavy (non-hydrogen) atoms. The van der Waals surface area contributed by atoms with Crippen LogP contribution in [0.1, 0.15) is 75.0 Å². The van der Waals surface area contributed by atoms with E-state index in [2.05, 4.69) is 39.7 Å². The highest BCUT2D eigenvalue weighted by Gasteiger charge is 2.58. The molecule has 2 aliphatic rings. The van der Waals surface area contributed by atoms with Crippen LogP contribution in [0.3, 0.4) is 0 Å². The highest BCUT2D eigenvalue weighted by molar-refractivity contribution is 5.83. The molecule has 2 aromatic heterocycles. The molecule has 1 saturated heterocycles.